The van der Waals surface area contributed by atoms with Crippen LogP contribution in [0.4, 0.5) is 0 Å². The molecule has 0 unspecified atom stereocenters. The number of halogens is 1. The maximum atomic E-state index is 4.10. The van der Waals surface area contributed by atoms with Crippen LogP contribution in [-0.4, -0.2) is 9.55 Å². The highest BCUT2D eigenvalue weighted by Gasteiger charge is 1.91. The van der Waals surface area contributed by atoms with Crippen LogP contribution in [0, 0.1) is 18.9 Å². The normalized spacial score (nSPS) is 9.47. The van der Waals surface area contributed by atoms with Crippen molar-refractivity contribution in [3.8, 4) is 12.0 Å². The van der Waals surface area contributed by atoms with Crippen molar-refractivity contribution in [1.29, 1.82) is 0 Å². The van der Waals surface area contributed by atoms with Gasteiger partial charge >= 0.3 is 0 Å². The molecule has 3 heteroatoms. The van der Waals surface area contributed by atoms with Crippen molar-refractivity contribution in [2.24, 2.45) is 0 Å². The van der Waals surface area contributed by atoms with Crippen LogP contribution in [0.5, 0.6) is 0 Å². The van der Waals surface area contributed by atoms with E-state index in [2.05, 4.69) is 32.9 Å². The lowest BCUT2D eigenvalue weighted by Crippen LogP contribution is -1.89. The van der Waals surface area contributed by atoms with Gasteiger partial charge in [0.2, 0.25) is 0 Å². The summed E-state index contributed by atoms with van der Waals surface area (Å²) < 4.78 is 2.85. The first-order valence-electron chi connectivity index (χ1n) is 4.53. The van der Waals surface area contributed by atoms with Crippen molar-refractivity contribution in [2.45, 2.75) is 6.92 Å². The zero-order valence-electron chi connectivity index (χ0n) is 8.24. The van der Waals surface area contributed by atoms with Gasteiger partial charge in [-0.05, 0) is 31.0 Å². The van der Waals surface area contributed by atoms with Gasteiger partial charge in [0.05, 0.1) is 0 Å². The van der Waals surface area contributed by atoms with Crippen LogP contribution in [0.25, 0.3) is 0 Å². The fourth-order valence-electron chi connectivity index (χ4n) is 1.19. The zero-order valence-corrected chi connectivity index (χ0v) is 9.82. The van der Waals surface area contributed by atoms with E-state index < -0.39 is 0 Å². The zero-order chi connectivity index (χ0) is 10.7. The summed E-state index contributed by atoms with van der Waals surface area (Å²) in [7, 11) is 0. The molecule has 0 saturated carbocycles. The molecular weight excluding hydrogens is 252 g/mol. The minimum Gasteiger partial charge on any atom is -0.262 e. The molecule has 0 aliphatic heterocycles. The molecule has 74 valence electrons. The van der Waals surface area contributed by atoms with E-state index in [4.69, 9.17) is 0 Å². The van der Waals surface area contributed by atoms with Crippen LogP contribution in [0.2, 0.25) is 0 Å². The second-order valence-corrected chi connectivity index (χ2v) is 4.01. The lowest BCUT2D eigenvalue weighted by molar-refractivity contribution is 1.01. The lowest BCUT2D eigenvalue weighted by Gasteiger charge is -1.92. The van der Waals surface area contributed by atoms with Crippen molar-refractivity contribution in [2.75, 3.05) is 0 Å². The van der Waals surface area contributed by atoms with Crippen molar-refractivity contribution in [1.82, 2.24) is 9.55 Å². The molecule has 0 bridgehead atoms. The van der Waals surface area contributed by atoms with E-state index in [-0.39, 0.29) is 0 Å². The first-order valence-corrected chi connectivity index (χ1v) is 5.32. The van der Waals surface area contributed by atoms with Crippen molar-refractivity contribution >= 4 is 15.9 Å². The van der Waals surface area contributed by atoms with Crippen molar-refractivity contribution in [3.63, 3.8) is 0 Å². The molecule has 0 spiro atoms. The highest BCUT2D eigenvalue weighted by atomic mass is 79.9. The number of rotatable bonds is 0. The molecule has 2 rings (SSSR count). The molecule has 2 aromatic rings. The Hall–Kier alpha value is -1.53. The standard InChI is InChI=1S/C12H9BrN2/c1-10-14-6-8-15(10)7-5-11-3-2-4-12(13)9-11/h2-4,6,8-9H,1H3. The molecule has 2 nitrogen and oxygen atoms in total. The molecule has 0 aliphatic rings. The summed E-state index contributed by atoms with van der Waals surface area (Å²) >= 11 is 3.41. The third-order valence-electron chi connectivity index (χ3n) is 1.97. The molecule has 0 amide bonds. The Morgan fingerprint density at radius 1 is 1.40 bits per heavy atom. The minimum atomic E-state index is 0.900. The van der Waals surface area contributed by atoms with Crippen molar-refractivity contribution < 1.29 is 0 Å². The molecule has 0 aliphatic carbocycles. The maximum absolute atomic E-state index is 4.10. The van der Waals surface area contributed by atoms with E-state index in [1.165, 1.54) is 0 Å². The van der Waals surface area contributed by atoms with Gasteiger partial charge in [0.1, 0.15) is 5.82 Å². The van der Waals surface area contributed by atoms with Gasteiger partial charge in [0.25, 0.3) is 0 Å². The van der Waals surface area contributed by atoms with Gasteiger partial charge in [0.15, 0.2) is 0 Å². The van der Waals surface area contributed by atoms with E-state index in [0.29, 0.717) is 0 Å². The quantitative estimate of drug-likeness (QED) is 0.667. The minimum absolute atomic E-state index is 0.900. The molecular formula is C12H9BrN2. The summed E-state index contributed by atoms with van der Waals surface area (Å²) in [5.41, 5.74) is 0.984. The highest BCUT2D eigenvalue weighted by molar-refractivity contribution is 9.10. The molecule has 0 N–H and O–H groups in total. The third kappa shape index (κ3) is 2.48. The van der Waals surface area contributed by atoms with Gasteiger partial charge in [-0.2, -0.15) is 0 Å². The van der Waals surface area contributed by atoms with Crippen LogP contribution < -0.4 is 0 Å². The van der Waals surface area contributed by atoms with Gasteiger partial charge in [0, 0.05) is 28.5 Å². The third-order valence-corrected chi connectivity index (χ3v) is 2.46. The number of aromatic nitrogens is 2. The Labute approximate surface area is 97.1 Å². The molecule has 0 atom stereocenters. The van der Waals surface area contributed by atoms with Gasteiger partial charge in [-0.3, -0.25) is 4.57 Å². The summed E-state index contributed by atoms with van der Waals surface area (Å²) in [5, 5.41) is 0. The second kappa shape index (κ2) is 4.33. The van der Waals surface area contributed by atoms with Gasteiger partial charge in [-0.25, -0.2) is 4.98 Å². The molecule has 0 radical (unpaired) electrons. The molecule has 15 heavy (non-hydrogen) atoms. The molecule has 1 aromatic heterocycles. The lowest BCUT2D eigenvalue weighted by atomic mass is 10.2. The number of aryl methyl sites for hydroxylation is 1. The number of hydrogen-bond acceptors (Lipinski definition) is 1. The Morgan fingerprint density at radius 3 is 2.93 bits per heavy atom. The number of benzene rings is 1. The second-order valence-electron chi connectivity index (χ2n) is 3.09. The SMILES string of the molecule is Cc1nccn1C#Cc1cccc(Br)c1. The van der Waals surface area contributed by atoms with Crippen LogP contribution in [0.1, 0.15) is 11.4 Å². The first-order chi connectivity index (χ1) is 7.25. The van der Waals surface area contributed by atoms with E-state index in [9.17, 15) is 0 Å². The fourth-order valence-corrected chi connectivity index (χ4v) is 1.59. The van der Waals surface area contributed by atoms with Crippen LogP contribution >= 0.6 is 15.9 Å². The Balaban J connectivity index is 2.30. The average Bonchev–Trinajstić information content (AvgIpc) is 2.61. The fraction of sp³-hybridized carbons (Fsp3) is 0.0833. The smallest absolute Gasteiger partial charge is 0.117 e. The largest absolute Gasteiger partial charge is 0.262 e. The number of imidazole rings is 1. The number of nitrogens with zero attached hydrogens (tertiary/aromatic N) is 2. The van der Waals surface area contributed by atoms with E-state index in [0.717, 1.165) is 15.9 Å². The van der Waals surface area contributed by atoms with Gasteiger partial charge < -0.3 is 0 Å². The molecule has 0 saturated heterocycles. The average molecular weight is 261 g/mol. The van der Waals surface area contributed by atoms with E-state index in [1.54, 1.807) is 10.8 Å². The van der Waals surface area contributed by atoms with Crippen LogP contribution in [0.15, 0.2) is 41.1 Å². The molecule has 1 heterocycles. The topological polar surface area (TPSA) is 17.8 Å². The van der Waals surface area contributed by atoms with Gasteiger partial charge in [-0.1, -0.05) is 22.0 Å². The van der Waals surface area contributed by atoms with Crippen LogP contribution in [-0.2, 0) is 0 Å². The summed E-state index contributed by atoms with van der Waals surface area (Å²) in [6.07, 6.45) is 3.59. The highest BCUT2D eigenvalue weighted by Crippen LogP contribution is 2.10. The predicted octanol–water partition coefficient (Wildman–Crippen LogP) is 2.81. The summed E-state index contributed by atoms with van der Waals surface area (Å²) in [6, 6.07) is 10.9. The Bertz CT molecular complexity index is 532. The summed E-state index contributed by atoms with van der Waals surface area (Å²) in [4.78, 5) is 4.10. The maximum Gasteiger partial charge on any atom is 0.117 e. The van der Waals surface area contributed by atoms with E-state index in [1.807, 2.05) is 37.4 Å². The molecule has 0 fully saturated rings. The summed E-state index contributed by atoms with van der Waals surface area (Å²) in [6.45, 7) is 1.93. The predicted molar refractivity (Wildman–Crippen MR) is 63.4 cm³/mol. The Kier molecular flexibility index (Phi) is 2.89. The van der Waals surface area contributed by atoms with Crippen LogP contribution in [0.3, 0.4) is 0 Å². The number of hydrogen-bond donors (Lipinski definition) is 0. The van der Waals surface area contributed by atoms with E-state index >= 15 is 0 Å². The first kappa shape index (κ1) is 10.0. The summed E-state index contributed by atoms with van der Waals surface area (Å²) in [5.74, 6) is 3.97. The Morgan fingerprint density at radius 2 is 2.27 bits per heavy atom. The molecule has 1 aromatic carbocycles. The monoisotopic (exact) mass is 260 g/mol. The van der Waals surface area contributed by atoms with Gasteiger partial charge in [-0.15, -0.1) is 0 Å². The van der Waals surface area contributed by atoms with Crippen molar-refractivity contribution in [3.05, 3.63) is 52.5 Å².